The number of hydrogen-bond donors (Lipinski definition) is 0. The third-order valence-corrected chi connectivity index (χ3v) is 16.2. The Morgan fingerprint density at radius 1 is 0.432 bits per heavy atom. The van der Waals surface area contributed by atoms with Crippen LogP contribution in [0.2, 0.25) is 0 Å². The van der Waals surface area contributed by atoms with Crippen molar-refractivity contribution in [2.75, 3.05) is 12.3 Å². The van der Waals surface area contributed by atoms with Crippen LogP contribution in [-0.4, -0.2) is 45.9 Å². The van der Waals surface area contributed by atoms with Crippen LogP contribution >= 0.6 is 34.1 Å². The molecule has 8 heteroatoms. The Kier molecular flexibility index (Phi) is 46.6. The third-order valence-electron chi connectivity index (χ3n) is 7.22. The maximum absolute atomic E-state index is 12.7. The lowest BCUT2D eigenvalue weighted by Crippen LogP contribution is -2.11. The lowest BCUT2D eigenvalue weighted by Gasteiger charge is -2.26. The van der Waals surface area contributed by atoms with Gasteiger partial charge < -0.3 is 20.1 Å². The second kappa shape index (κ2) is 31.8. The van der Waals surface area contributed by atoms with Gasteiger partial charge in [0.2, 0.25) is 0 Å². The largest absolute Gasteiger partial charge is 0.412 e. The average molecular weight is 613 g/mol. The molecule has 0 fully saturated rings. The summed E-state index contributed by atoms with van der Waals surface area (Å²) < 4.78 is 25.4. The summed E-state index contributed by atoms with van der Waals surface area (Å²) in [4.78, 5) is 0. The van der Waals surface area contributed by atoms with Gasteiger partial charge in [-0.05, 0) is 12.8 Å². The van der Waals surface area contributed by atoms with Gasteiger partial charge >= 0.3 is 0 Å². The van der Waals surface area contributed by atoms with E-state index in [4.69, 9.17) is 0 Å². The van der Waals surface area contributed by atoms with Crippen molar-refractivity contribution in [2.24, 2.45) is 0 Å². The molecule has 0 spiro atoms. The van der Waals surface area contributed by atoms with Gasteiger partial charge in [-0.15, -0.1) is 0 Å². The summed E-state index contributed by atoms with van der Waals surface area (Å²) in [5.41, 5.74) is 1.46. The molecule has 0 amide bonds. The average Bonchev–Trinajstić information content (AvgIpc) is 2.72. The van der Waals surface area contributed by atoms with E-state index in [1.807, 2.05) is 0 Å². The molecule has 4 N–H and O–H groups in total. The van der Waals surface area contributed by atoms with Gasteiger partial charge in [0.25, 0.3) is 0 Å². The highest BCUT2D eigenvalue weighted by atomic mass is 31.2. The molecule has 236 valence electrons. The topological polar surface area (TPSA) is 97.1 Å². The monoisotopic (exact) mass is 612 g/mol. The van der Waals surface area contributed by atoms with E-state index in [9.17, 15) is 9.13 Å². The zero-order valence-electron chi connectivity index (χ0n) is 26.3. The van der Waals surface area contributed by atoms with Crippen molar-refractivity contribution >= 4 is 34.1 Å². The molecule has 37 heavy (non-hydrogen) atoms. The first-order valence-corrected chi connectivity index (χ1v) is 18.1. The van der Waals surface area contributed by atoms with Gasteiger partial charge in [-0.2, -0.15) is 19.8 Å². The van der Waals surface area contributed by atoms with Crippen molar-refractivity contribution in [2.45, 2.75) is 176 Å². The molecular weight excluding hydrogens is 536 g/mol. The maximum atomic E-state index is 12.7. The smallest absolute Gasteiger partial charge is 0.0925 e. The van der Waals surface area contributed by atoms with Crippen LogP contribution in [0.4, 0.5) is 0 Å². The van der Waals surface area contributed by atoms with Gasteiger partial charge in [-0.3, -0.25) is 0 Å². The summed E-state index contributed by atoms with van der Waals surface area (Å²) in [6, 6.07) is 0. The maximum Gasteiger partial charge on any atom is 0.0925 e. The van der Waals surface area contributed by atoms with Crippen molar-refractivity contribution in [3.63, 3.8) is 0 Å². The summed E-state index contributed by atoms with van der Waals surface area (Å²) in [6.07, 6.45) is 17.5. The van der Waals surface area contributed by atoms with Crippen LogP contribution in [0.1, 0.15) is 154 Å². The van der Waals surface area contributed by atoms with E-state index in [-0.39, 0.29) is 38.2 Å². The first kappa shape index (κ1) is 54.3. The van der Waals surface area contributed by atoms with E-state index >= 15 is 0 Å². The summed E-state index contributed by atoms with van der Waals surface area (Å²) >= 11 is 0. The van der Waals surface area contributed by atoms with Crippen molar-refractivity contribution in [3.8, 4) is 0 Å². The Bertz CT molecular complexity index is 500. The van der Waals surface area contributed by atoms with Crippen LogP contribution in [0.15, 0.2) is 0 Å². The molecular formula is C29H76O4P4. The van der Waals surface area contributed by atoms with Crippen LogP contribution in [-0.2, 0) is 9.13 Å². The van der Waals surface area contributed by atoms with Crippen molar-refractivity contribution in [3.05, 3.63) is 0 Å². The molecule has 0 saturated carbocycles. The number of rotatable bonds is 18. The van der Waals surface area contributed by atoms with Gasteiger partial charge in [0, 0.05) is 35.0 Å². The van der Waals surface area contributed by atoms with Crippen molar-refractivity contribution in [1.82, 2.24) is 0 Å². The number of unbranched alkanes of at least 4 members (excludes halogenated alkanes) is 10. The Morgan fingerprint density at radius 2 is 0.622 bits per heavy atom. The lowest BCUT2D eigenvalue weighted by atomic mass is 10.1. The molecule has 0 aromatic rings. The zero-order valence-corrected chi connectivity index (χ0v) is 31.0. The fraction of sp³-hybridized carbons (Fsp3) is 1.00. The first-order valence-electron chi connectivity index (χ1n) is 14.1. The highest BCUT2D eigenvalue weighted by Gasteiger charge is 2.30. The Morgan fingerprint density at radius 3 is 0.811 bits per heavy atom. The van der Waals surface area contributed by atoms with Crippen LogP contribution in [0, 0.1) is 0 Å². The fourth-order valence-electron chi connectivity index (χ4n) is 4.50. The van der Waals surface area contributed by atoms with E-state index in [2.05, 4.69) is 69.2 Å². The molecule has 0 bridgehead atoms. The highest BCUT2D eigenvalue weighted by molar-refractivity contribution is 7.65. The molecule has 0 aliphatic rings. The predicted octanol–water partition coefficient (Wildman–Crippen LogP) is 10.2. The predicted molar refractivity (Wildman–Crippen MR) is 188 cm³/mol. The van der Waals surface area contributed by atoms with E-state index in [0.717, 1.165) is 18.7 Å². The minimum absolute atomic E-state index is 0. The third kappa shape index (κ3) is 24.7. The van der Waals surface area contributed by atoms with Gasteiger partial charge in [0.05, 0.1) is 14.3 Å². The molecule has 4 nitrogen and oxygen atoms in total. The van der Waals surface area contributed by atoms with Crippen molar-refractivity contribution in [1.29, 1.82) is 0 Å². The normalized spacial score (nSPS) is 11.0. The fourth-order valence-corrected chi connectivity index (χ4v) is 10.4. The van der Waals surface area contributed by atoms with Crippen LogP contribution in [0.5, 0.6) is 0 Å². The molecule has 0 radical (unpaired) electrons. The summed E-state index contributed by atoms with van der Waals surface area (Å²) in [5, 5.41) is 0. The van der Waals surface area contributed by atoms with E-state index < -0.39 is 14.3 Å². The summed E-state index contributed by atoms with van der Waals surface area (Å²) in [5.74, 6) is 0. The second-order valence-corrected chi connectivity index (χ2v) is 19.5. The van der Waals surface area contributed by atoms with Crippen molar-refractivity contribution < 1.29 is 20.1 Å². The summed E-state index contributed by atoms with van der Waals surface area (Å²) in [7, 11) is -3.84. The first-order chi connectivity index (χ1) is 14.9. The van der Waals surface area contributed by atoms with Gasteiger partial charge in [-0.25, -0.2) is 0 Å². The summed E-state index contributed by atoms with van der Waals surface area (Å²) in [6.45, 7) is 21.5. The number of hydrogen-bond acceptors (Lipinski definition) is 2. The molecule has 0 aliphatic carbocycles. The molecule has 0 aromatic heterocycles. The second-order valence-electron chi connectivity index (χ2n) is 11.1. The van der Waals surface area contributed by atoms with Crippen LogP contribution in [0.3, 0.4) is 0 Å². The molecule has 2 unspecified atom stereocenters. The molecule has 0 rings (SSSR count). The minimum atomic E-state index is -1.92. The quantitative estimate of drug-likeness (QED) is 0.114. The molecule has 0 aromatic carbocycles. The Balaban J connectivity index is -0.0000000862. The molecule has 0 heterocycles. The van der Waals surface area contributed by atoms with Gasteiger partial charge in [-0.1, -0.05) is 141 Å². The van der Waals surface area contributed by atoms with E-state index in [1.54, 1.807) is 0 Å². The van der Waals surface area contributed by atoms with Gasteiger partial charge in [0.1, 0.15) is 0 Å². The van der Waals surface area contributed by atoms with E-state index in [1.165, 1.54) is 70.6 Å². The SMILES string of the molecule is C.CCCCCCCCCP(=O)(C(C)C)C(C)C.CCCCCCCP(=O)(C(C)C)C(C)C.O.O.P.P. The molecule has 0 aliphatic heterocycles. The highest BCUT2D eigenvalue weighted by Crippen LogP contribution is 2.56. The molecule has 0 saturated heterocycles. The van der Waals surface area contributed by atoms with E-state index in [0.29, 0.717) is 22.6 Å². The van der Waals surface area contributed by atoms with Crippen LogP contribution < -0.4 is 0 Å². The standard InChI is InChI=1S/C15H33OP.C13H29OP.CH4.2H2O.2H3P/c1-6-7-8-9-10-11-12-13-17(16,14(2)3)15(4)5;1-6-7-8-9-10-11-15(14,12(2)3)13(4)5;;;;;/h14-15H,6-13H2,1-5H3;12-13H,6-11H2,1-5H3;1H4;2*1H2;2*1H3. The lowest BCUT2D eigenvalue weighted by molar-refractivity contribution is 0.553. The Hall–Kier alpha value is 1.24. The Labute approximate surface area is 242 Å². The van der Waals surface area contributed by atoms with Gasteiger partial charge in [0.15, 0.2) is 0 Å². The molecule has 2 atom stereocenters. The van der Waals surface area contributed by atoms with Crippen LogP contribution in [0.25, 0.3) is 0 Å². The zero-order chi connectivity index (χ0) is 25.2. The minimum Gasteiger partial charge on any atom is -0.412 e.